The second kappa shape index (κ2) is 10.7. The van der Waals surface area contributed by atoms with Crippen LogP contribution >= 0.6 is 0 Å². The molecular formula is C26H26F4O4. The van der Waals surface area contributed by atoms with Crippen LogP contribution in [-0.2, 0) is 27.1 Å². The molecule has 0 N–H and O–H groups in total. The van der Waals surface area contributed by atoms with Gasteiger partial charge in [0, 0.05) is 30.6 Å². The second-order valence-corrected chi connectivity index (χ2v) is 8.36. The van der Waals surface area contributed by atoms with Gasteiger partial charge in [-0.05, 0) is 54.0 Å². The van der Waals surface area contributed by atoms with Gasteiger partial charge in [0.25, 0.3) is 0 Å². The molecule has 0 aliphatic carbocycles. The number of alkyl halides is 3. The summed E-state index contributed by atoms with van der Waals surface area (Å²) in [7, 11) is 1.67. The van der Waals surface area contributed by atoms with Crippen molar-refractivity contribution in [2.75, 3.05) is 26.9 Å². The zero-order valence-corrected chi connectivity index (χ0v) is 18.7. The summed E-state index contributed by atoms with van der Waals surface area (Å²) in [5, 5.41) is 1.25. The number of fused-ring (bicyclic) bond motifs is 1. The molecule has 0 bridgehead atoms. The van der Waals surface area contributed by atoms with Gasteiger partial charge in [-0.25, -0.2) is 4.39 Å². The van der Waals surface area contributed by atoms with Crippen LogP contribution in [0.2, 0.25) is 0 Å². The maximum atomic E-state index is 15.1. The van der Waals surface area contributed by atoms with Gasteiger partial charge in [-0.1, -0.05) is 36.4 Å². The van der Waals surface area contributed by atoms with Crippen molar-refractivity contribution in [3.05, 3.63) is 77.1 Å². The van der Waals surface area contributed by atoms with E-state index in [2.05, 4.69) is 4.74 Å². The molecule has 4 rings (SSSR count). The van der Waals surface area contributed by atoms with E-state index in [1.165, 1.54) is 12.1 Å². The Hall–Kier alpha value is -2.68. The van der Waals surface area contributed by atoms with E-state index in [0.717, 1.165) is 22.9 Å². The number of ether oxygens (including phenoxy) is 4. The predicted octanol–water partition coefficient (Wildman–Crippen LogP) is 6.36. The Morgan fingerprint density at radius 3 is 2.35 bits per heavy atom. The van der Waals surface area contributed by atoms with Crippen LogP contribution in [0.4, 0.5) is 17.6 Å². The molecule has 1 heterocycles. The van der Waals surface area contributed by atoms with E-state index in [1.54, 1.807) is 31.4 Å². The van der Waals surface area contributed by atoms with Crippen molar-refractivity contribution in [2.24, 2.45) is 5.92 Å². The summed E-state index contributed by atoms with van der Waals surface area (Å²) in [4.78, 5) is 0. The minimum atomic E-state index is -4.72. The number of hydrogen-bond donors (Lipinski definition) is 0. The Morgan fingerprint density at radius 1 is 0.941 bits per heavy atom. The quantitative estimate of drug-likeness (QED) is 0.353. The van der Waals surface area contributed by atoms with Crippen molar-refractivity contribution >= 4 is 10.8 Å². The third-order valence-electron chi connectivity index (χ3n) is 5.87. The van der Waals surface area contributed by atoms with Crippen LogP contribution in [0.15, 0.2) is 54.6 Å². The van der Waals surface area contributed by atoms with Crippen molar-refractivity contribution in [2.45, 2.75) is 31.9 Å². The number of hydrogen-bond acceptors (Lipinski definition) is 4. The second-order valence-electron chi connectivity index (χ2n) is 8.36. The Labute approximate surface area is 195 Å². The number of methoxy groups -OCH3 is 1. The normalized spacial score (nSPS) is 18.9. The lowest BCUT2D eigenvalue weighted by Crippen LogP contribution is -2.27. The van der Waals surface area contributed by atoms with Gasteiger partial charge in [0.05, 0.1) is 13.2 Å². The van der Waals surface area contributed by atoms with Crippen LogP contribution in [0.5, 0.6) is 5.75 Å². The summed E-state index contributed by atoms with van der Waals surface area (Å²) in [5.41, 5.74) is 2.17. The third kappa shape index (κ3) is 6.25. The maximum Gasteiger partial charge on any atom is 0.573 e. The summed E-state index contributed by atoms with van der Waals surface area (Å²) in [6, 6.07) is 14.7. The first-order chi connectivity index (χ1) is 16.3. The average molecular weight is 478 g/mol. The van der Waals surface area contributed by atoms with Crippen molar-refractivity contribution in [1.29, 1.82) is 0 Å². The zero-order valence-electron chi connectivity index (χ0n) is 18.7. The lowest BCUT2D eigenvalue weighted by Gasteiger charge is -2.29. The standard InChI is InChI=1S/C26H26F4O4/c1-31-13-12-18-15-32-25(33-16-18)21-8-11-23-20(14-21)7-6-19(24(23)27)5-2-17-3-9-22(10-4-17)34-26(28,29)30/h3-4,6-11,14,18,25H,2,5,12-13,15-16H2,1H3. The van der Waals surface area contributed by atoms with Crippen LogP contribution in [0.3, 0.4) is 0 Å². The first-order valence-electron chi connectivity index (χ1n) is 11.1. The van der Waals surface area contributed by atoms with Gasteiger partial charge in [0.15, 0.2) is 6.29 Å². The van der Waals surface area contributed by atoms with E-state index in [9.17, 15) is 13.2 Å². The molecule has 0 aromatic heterocycles. The SMILES string of the molecule is COCCC1COC(c2ccc3c(F)c(CCc4ccc(OC(F)(F)F)cc4)ccc3c2)OC1. The van der Waals surface area contributed by atoms with Gasteiger partial charge in [-0.2, -0.15) is 0 Å². The summed E-state index contributed by atoms with van der Waals surface area (Å²) in [6.45, 7) is 1.84. The highest BCUT2D eigenvalue weighted by molar-refractivity contribution is 5.84. The zero-order chi connectivity index (χ0) is 24.1. The molecule has 3 aromatic carbocycles. The minimum absolute atomic E-state index is 0.277. The fourth-order valence-corrected chi connectivity index (χ4v) is 4.02. The van der Waals surface area contributed by atoms with Crippen LogP contribution in [0, 0.1) is 11.7 Å². The molecule has 182 valence electrons. The van der Waals surface area contributed by atoms with Crippen LogP contribution in [0.25, 0.3) is 10.8 Å². The van der Waals surface area contributed by atoms with Crippen LogP contribution < -0.4 is 4.74 Å². The summed E-state index contributed by atoms with van der Waals surface area (Å²) in [5.74, 6) is -0.281. The molecule has 1 saturated heterocycles. The first kappa shape index (κ1) is 24.4. The predicted molar refractivity (Wildman–Crippen MR) is 119 cm³/mol. The number of aryl methyl sites for hydroxylation is 2. The molecule has 1 fully saturated rings. The summed E-state index contributed by atoms with van der Waals surface area (Å²) in [6.07, 6.45) is -3.42. The van der Waals surface area contributed by atoms with Crippen molar-refractivity contribution in [3.8, 4) is 5.75 Å². The van der Waals surface area contributed by atoms with Crippen molar-refractivity contribution < 1.29 is 36.5 Å². The molecule has 4 nitrogen and oxygen atoms in total. The van der Waals surface area contributed by atoms with Gasteiger partial charge in [-0.15, -0.1) is 13.2 Å². The fraction of sp³-hybridized carbons (Fsp3) is 0.385. The fourth-order valence-electron chi connectivity index (χ4n) is 4.02. The van der Waals surface area contributed by atoms with Crippen molar-refractivity contribution in [1.82, 2.24) is 0 Å². The molecule has 0 amide bonds. The highest BCUT2D eigenvalue weighted by Crippen LogP contribution is 2.31. The molecule has 0 saturated carbocycles. The number of halogens is 4. The molecule has 8 heteroatoms. The summed E-state index contributed by atoms with van der Waals surface area (Å²) >= 11 is 0. The lowest BCUT2D eigenvalue weighted by atomic mass is 9.98. The Bertz CT molecular complexity index is 1090. The molecular weight excluding hydrogens is 452 g/mol. The first-order valence-corrected chi connectivity index (χ1v) is 11.1. The van der Waals surface area contributed by atoms with Crippen LogP contribution in [0.1, 0.15) is 29.4 Å². The molecule has 0 spiro atoms. The smallest absolute Gasteiger partial charge is 0.406 e. The third-order valence-corrected chi connectivity index (χ3v) is 5.87. The Morgan fingerprint density at radius 2 is 1.68 bits per heavy atom. The number of rotatable bonds is 8. The topological polar surface area (TPSA) is 36.9 Å². The molecule has 0 unspecified atom stereocenters. The maximum absolute atomic E-state index is 15.1. The average Bonchev–Trinajstić information content (AvgIpc) is 2.82. The van der Waals surface area contributed by atoms with Crippen molar-refractivity contribution in [3.63, 3.8) is 0 Å². The monoisotopic (exact) mass is 478 g/mol. The van der Waals surface area contributed by atoms with Crippen LogP contribution in [-0.4, -0.2) is 33.3 Å². The highest BCUT2D eigenvalue weighted by atomic mass is 19.4. The van der Waals surface area contributed by atoms with Gasteiger partial charge in [0.1, 0.15) is 11.6 Å². The highest BCUT2D eigenvalue weighted by Gasteiger charge is 2.31. The molecule has 0 radical (unpaired) electrons. The van der Waals surface area contributed by atoms with E-state index in [0.29, 0.717) is 49.5 Å². The van der Waals surface area contributed by atoms with E-state index in [4.69, 9.17) is 14.2 Å². The minimum Gasteiger partial charge on any atom is -0.406 e. The summed E-state index contributed by atoms with van der Waals surface area (Å²) < 4.78 is 72.7. The van der Waals surface area contributed by atoms with Gasteiger partial charge in [0.2, 0.25) is 0 Å². The molecule has 1 aliphatic heterocycles. The van der Waals surface area contributed by atoms with E-state index in [1.807, 2.05) is 18.2 Å². The largest absolute Gasteiger partial charge is 0.573 e. The van der Waals surface area contributed by atoms with E-state index < -0.39 is 12.7 Å². The van der Waals surface area contributed by atoms with E-state index in [-0.39, 0.29) is 11.6 Å². The Kier molecular flexibility index (Phi) is 7.70. The van der Waals surface area contributed by atoms with Gasteiger partial charge < -0.3 is 18.9 Å². The van der Waals surface area contributed by atoms with Gasteiger partial charge in [-0.3, -0.25) is 0 Å². The molecule has 1 aliphatic rings. The van der Waals surface area contributed by atoms with Gasteiger partial charge >= 0.3 is 6.36 Å². The Balaban J connectivity index is 1.39. The van der Waals surface area contributed by atoms with E-state index >= 15 is 4.39 Å². The molecule has 34 heavy (non-hydrogen) atoms. The molecule has 0 atom stereocenters. The lowest BCUT2D eigenvalue weighted by molar-refractivity contribution is -0.274. The number of benzene rings is 3. The molecule has 3 aromatic rings.